The second kappa shape index (κ2) is 8.51. The molecular formula is C20H21ClN2O5S. The van der Waals surface area contributed by atoms with Crippen molar-refractivity contribution in [2.24, 2.45) is 5.73 Å². The number of benzene rings is 1. The number of rotatable bonds is 5. The van der Waals surface area contributed by atoms with Crippen molar-refractivity contribution in [2.45, 2.75) is 31.9 Å². The number of ether oxygens (including phenoxy) is 2. The summed E-state index contributed by atoms with van der Waals surface area (Å²) in [6.45, 7) is 5.29. The summed E-state index contributed by atoms with van der Waals surface area (Å²) in [5.74, 6) is -2.64. The summed E-state index contributed by atoms with van der Waals surface area (Å²) in [6, 6.07) is 6.85. The fourth-order valence-electron chi connectivity index (χ4n) is 3.37. The minimum atomic E-state index is -0.918. The zero-order valence-electron chi connectivity index (χ0n) is 16.2. The molecule has 9 heteroatoms. The first kappa shape index (κ1) is 21.3. The van der Waals surface area contributed by atoms with E-state index in [4.69, 9.17) is 26.8 Å². The van der Waals surface area contributed by atoms with Gasteiger partial charge in [-0.25, -0.2) is 9.59 Å². The first-order valence-electron chi connectivity index (χ1n) is 9.16. The number of amides is 1. The van der Waals surface area contributed by atoms with Crippen LogP contribution in [0.2, 0.25) is 5.02 Å². The summed E-state index contributed by atoms with van der Waals surface area (Å²) in [4.78, 5) is 39.8. The van der Waals surface area contributed by atoms with E-state index in [9.17, 15) is 14.4 Å². The molecule has 1 aromatic rings. The number of carbonyl (C=O) groups is 3. The maximum Gasteiger partial charge on any atom is 0.338 e. The van der Waals surface area contributed by atoms with Crippen LogP contribution in [0.4, 0.5) is 0 Å². The molecule has 0 saturated carbocycles. The van der Waals surface area contributed by atoms with Gasteiger partial charge in [-0.3, -0.25) is 9.69 Å². The Morgan fingerprint density at radius 3 is 2.31 bits per heavy atom. The number of fused-ring (bicyclic) bond motifs is 1. The first-order valence-corrected chi connectivity index (χ1v) is 10.4. The zero-order valence-corrected chi connectivity index (χ0v) is 17.8. The molecule has 1 amide bonds. The van der Waals surface area contributed by atoms with E-state index in [1.54, 1.807) is 45.0 Å². The van der Waals surface area contributed by atoms with E-state index in [0.29, 0.717) is 15.6 Å². The molecule has 2 heterocycles. The molecule has 3 rings (SSSR count). The molecule has 2 aliphatic heterocycles. The Bertz CT molecular complexity index is 943. The quantitative estimate of drug-likeness (QED) is 0.708. The van der Waals surface area contributed by atoms with Crippen LogP contribution >= 0.6 is 23.4 Å². The third-order valence-corrected chi connectivity index (χ3v) is 6.12. The van der Waals surface area contributed by atoms with E-state index in [1.165, 1.54) is 16.7 Å². The Morgan fingerprint density at radius 2 is 1.72 bits per heavy atom. The second-order valence-electron chi connectivity index (χ2n) is 6.35. The van der Waals surface area contributed by atoms with Crippen LogP contribution < -0.4 is 5.73 Å². The van der Waals surface area contributed by atoms with Crippen LogP contribution in [-0.2, 0) is 23.9 Å². The lowest BCUT2D eigenvalue weighted by Gasteiger charge is -2.33. The SMILES string of the molecule is CCOC(=O)C1=C(N)N2C(=O)[C@@H](C)SC2=C(C(=O)OCC)[C@H]1c1ccccc1Cl. The van der Waals surface area contributed by atoms with Gasteiger partial charge < -0.3 is 15.2 Å². The highest BCUT2D eigenvalue weighted by Gasteiger charge is 2.49. The zero-order chi connectivity index (χ0) is 21.3. The summed E-state index contributed by atoms with van der Waals surface area (Å²) in [7, 11) is 0. The van der Waals surface area contributed by atoms with Crippen LogP contribution in [-0.4, -0.2) is 41.2 Å². The van der Waals surface area contributed by atoms with Crippen molar-refractivity contribution in [3.8, 4) is 0 Å². The van der Waals surface area contributed by atoms with E-state index < -0.39 is 23.1 Å². The molecule has 0 aromatic heterocycles. The molecule has 1 saturated heterocycles. The van der Waals surface area contributed by atoms with Crippen molar-refractivity contribution >= 4 is 41.2 Å². The van der Waals surface area contributed by atoms with Crippen LogP contribution in [0, 0.1) is 0 Å². The smallest absolute Gasteiger partial charge is 0.338 e. The number of halogens is 1. The normalized spacial score (nSPS) is 21.4. The minimum Gasteiger partial charge on any atom is -0.463 e. The van der Waals surface area contributed by atoms with Crippen molar-refractivity contribution in [3.63, 3.8) is 0 Å². The molecule has 1 fully saturated rings. The van der Waals surface area contributed by atoms with E-state index in [2.05, 4.69) is 0 Å². The van der Waals surface area contributed by atoms with Gasteiger partial charge in [0.15, 0.2) is 0 Å². The van der Waals surface area contributed by atoms with E-state index in [0.717, 1.165) is 0 Å². The van der Waals surface area contributed by atoms with Crippen molar-refractivity contribution in [2.75, 3.05) is 13.2 Å². The highest BCUT2D eigenvalue weighted by molar-refractivity contribution is 8.04. The van der Waals surface area contributed by atoms with Gasteiger partial charge in [0, 0.05) is 5.02 Å². The predicted molar refractivity (Wildman–Crippen MR) is 110 cm³/mol. The van der Waals surface area contributed by atoms with Crippen LogP contribution in [0.5, 0.6) is 0 Å². The maximum atomic E-state index is 13.0. The molecule has 2 aliphatic rings. The Hall–Kier alpha value is -2.45. The Kier molecular flexibility index (Phi) is 6.24. The molecule has 0 spiro atoms. The maximum absolute atomic E-state index is 13.0. The van der Waals surface area contributed by atoms with Crippen molar-refractivity contribution in [1.82, 2.24) is 4.90 Å². The van der Waals surface area contributed by atoms with Gasteiger partial charge in [0.1, 0.15) is 5.82 Å². The molecule has 0 unspecified atom stereocenters. The third-order valence-electron chi connectivity index (χ3n) is 4.59. The van der Waals surface area contributed by atoms with Gasteiger partial charge in [0.05, 0.1) is 40.6 Å². The number of hydrogen-bond acceptors (Lipinski definition) is 7. The molecule has 2 atom stereocenters. The molecular weight excluding hydrogens is 416 g/mol. The summed E-state index contributed by atoms with van der Waals surface area (Å²) in [6.07, 6.45) is 0. The van der Waals surface area contributed by atoms with Crippen molar-refractivity contribution in [3.05, 3.63) is 56.8 Å². The highest BCUT2D eigenvalue weighted by Crippen LogP contribution is 2.50. The first-order chi connectivity index (χ1) is 13.8. The molecule has 7 nitrogen and oxygen atoms in total. The van der Waals surface area contributed by atoms with Crippen LogP contribution in [0.25, 0.3) is 0 Å². The van der Waals surface area contributed by atoms with E-state index in [1.807, 2.05) is 0 Å². The number of esters is 2. The Labute approximate surface area is 177 Å². The average Bonchev–Trinajstić information content (AvgIpc) is 2.97. The predicted octanol–water partition coefficient (Wildman–Crippen LogP) is 2.91. The van der Waals surface area contributed by atoms with Crippen molar-refractivity contribution in [1.29, 1.82) is 0 Å². The van der Waals surface area contributed by atoms with Gasteiger partial charge in [-0.15, -0.1) is 0 Å². The van der Waals surface area contributed by atoms with Gasteiger partial charge in [-0.05, 0) is 32.4 Å². The monoisotopic (exact) mass is 436 g/mol. The Balaban J connectivity index is 2.32. The number of carbonyl (C=O) groups excluding carboxylic acids is 3. The number of nitrogens with two attached hydrogens (primary N) is 1. The van der Waals surface area contributed by atoms with Gasteiger partial charge in [-0.1, -0.05) is 41.6 Å². The molecule has 1 aromatic carbocycles. The van der Waals surface area contributed by atoms with Gasteiger partial charge >= 0.3 is 11.9 Å². The molecule has 154 valence electrons. The summed E-state index contributed by atoms with van der Waals surface area (Å²) >= 11 is 7.62. The lowest BCUT2D eigenvalue weighted by Crippen LogP contribution is -2.40. The van der Waals surface area contributed by atoms with Crippen LogP contribution in [0.15, 0.2) is 46.3 Å². The lowest BCUT2D eigenvalue weighted by atomic mass is 9.82. The summed E-state index contributed by atoms with van der Waals surface area (Å²) in [5.41, 5.74) is 6.95. The summed E-state index contributed by atoms with van der Waals surface area (Å²) < 4.78 is 10.5. The number of thioether (sulfide) groups is 1. The van der Waals surface area contributed by atoms with Gasteiger partial charge in [0.2, 0.25) is 5.91 Å². The molecule has 2 N–H and O–H groups in total. The molecule has 0 aliphatic carbocycles. The minimum absolute atomic E-state index is 0.00481. The van der Waals surface area contributed by atoms with Gasteiger partial charge in [0.25, 0.3) is 0 Å². The number of hydrogen-bond donors (Lipinski definition) is 1. The lowest BCUT2D eigenvalue weighted by molar-refractivity contribution is -0.139. The summed E-state index contributed by atoms with van der Waals surface area (Å²) in [5, 5.41) is 0.239. The van der Waals surface area contributed by atoms with E-state index >= 15 is 0 Å². The van der Waals surface area contributed by atoms with Crippen molar-refractivity contribution < 1.29 is 23.9 Å². The molecule has 0 radical (unpaired) electrons. The standard InChI is InChI=1S/C20H21ClN2O5S/c1-4-27-19(25)14-13(11-8-6-7-9-12(11)21)15(20(26)28-5-2)18-23(16(14)22)17(24)10(3)29-18/h6-10,13H,4-5,22H2,1-3H3/t10-,13+/m1/s1. The molecule has 29 heavy (non-hydrogen) atoms. The molecule has 0 bridgehead atoms. The fraction of sp³-hybridized carbons (Fsp3) is 0.350. The number of nitrogens with zero attached hydrogens (tertiary/aromatic N) is 1. The second-order valence-corrected chi connectivity index (χ2v) is 8.08. The van der Waals surface area contributed by atoms with Gasteiger partial charge in [-0.2, -0.15) is 0 Å². The fourth-order valence-corrected chi connectivity index (χ4v) is 4.77. The van der Waals surface area contributed by atoms with Crippen LogP contribution in [0.1, 0.15) is 32.3 Å². The highest BCUT2D eigenvalue weighted by atomic mass is 35.5. The van der Waals surface area contributed by atoms with E-state index in [-0.39, 0.29) is 36.1 Å². The van der Waals surface area contributed by atoms with Crippen LogP contribution in [0.3, 0.4) is 0 Å². The largest absolute Gasteiger partial charge is 0.463 e. The Morgan fingerprint density at radius 1 is 1.14 bits per heavy atom. The third kappa shape index (κ3) is 3.62. The average molecular weight is 437 g/mol. The topological polar surface area (TPSA) is 98.9 Å².